The minimum absolute atomic E-state index is 0.0394. The van der Waals surface area contributed by atoms with Crippen LogP contribution >= 0.6 is 23.1 Å². The summed E-state index contributed by atoms with van der Waals surface area (Å²) < 4.78 is 3.73. The van der Waals surface area contributed by atoms with E-state index in [-0.39, 0.29) is 5.56 Å². The molecule has 0 aromatic carbocycles. The number of allylic oxidation sites excluding steroid dienone is 1. The van der Waals surface area contributed by atoms with Crippen LogP contribution in [0.1, 0.15) is 43.6 Å². The molecule has 0 spiro atoms. The molecular weight excluding hydrogens is 378 g/mol. The molecule has 3 heterocycles. The summed E-state index contributed by atoms with van der Waals surface area (Å²) >= 11 is 3.05. The molecule has 0 amide bonds. The van der Waals surface area contributed by atoms with Crippen molar-refractivity contribution >= 4 is 28.1 Å². The number of thioether (sulfide) groups is 1. The fourth-order valence-electron chi connectivity index (χ4n) is 3.64. The maximum absolute atomic E-state index is 12.1. The summed E-state index contributed by atoms with van der Waals surface area (Å²) in [4.78, 5) is 17.4. The lowest BCUT2D eigenvalue weighted by molar-refractivity contribution is 0.347. The molecule has 0 aliphatic heterocycles. The van der Waals surface area contributed by atoms with Crippen LogP contribution in [-0.4, -0.2) is 24.1 Å². The van der Waals surface area contributed by atoms with Gasteiger partial charge in [0.15, 0.2) is 10.1 Å². The van der Waals surface area contributed by atoms with Crippen molar-refractivity contribution in [2.75, 3.05) is 0 Å². The summed E-state index contributed by atoms with van der Waals surface area (Å²) in [5.41, 5.74) is 0.733. The van der Waals surface area contributed by atoms with Crippen LogP contribution in [0, 0.1) is 5.92 Å². The molecule has 3 aromatic heterocycles. The molecule has 0 bridgehead atoms. The third-order valence-corrected chi connectivity index (χ3v) is 6.76. The van der Waals surface area contributed by atoms with Gasteiger partial charge in [-0.15, -0.1) is 28.1 Å². The maximum atomic E-state index is 12.1. The van der Waals surface area contributed by atoms with Crippen molar-refractivity contribution in [1.82, 2.24) is 24.1 Å². The lowest BCUT2D eigenvalue weighted by atomic mass is 9.87. The summed E-state index contributed by atoms with van der Waals surface area (Å²) in [7, 11) is 0. The van der Waals surface area contributed by atoms with E-state index in [4.69, 9.17) is 0 Å². The third kappa shape index (κ3) is 4.16. The Morgan fingerprint density at radius 2 is 2.15 bits per heavy atom. The molecule has 142 valence electrons. The quantitative estimate of drug-likeness (QED) is 0.443. The summed E-state index contributed by atoms with van der Waals surface area (Å²) in [6, 6.07) is 1.60. The van der Waals surface area contributed by atoms with Gasteiger partial charge in [0.05, 0.1) is 5.69 Å². The Morgan fingerprint density at radius 3 is 2.96 bits per heavy atom. The van der Waals surface area contributed by atoms with Crippen LogP contribution in [0.5, 0.6) is 0 Å². The highest BCUT2D eigenvalue weighted by atomic mass is 32.2. The predicted octanol–water partition coefficient (Wildman–Crippen LogP) is 3.95. The van der Waals surface area contributed by atoms with Crippen molar-refractivity contribution < 1.29 is 0 Å². The van der Waals surface area contributed by atoms with Gasteiger partial charge in [0.25, 0.3) is 5.56 Å². The molecular formula is C19H23N5OS2. The minimum atomic E-state index is -0.0394. The van der Waals surface area contributed by atoms with Crippen LogP contribution in [-0.2, 0) is 18.7 Å². The summed E-state index contributed by atoms with van der Waals surface area (Å²) in [6.45, 7) is 4.59. The van der Waals surface area contributed by atoms with Crippen LogP contribution < -0.4 is 5.56 Å². The minimum Gasteiger partial charge on any atom is -0.302 e. The first-order valence-electron chi connectivity index (χ1n) is 9.36. The Morgan fingerprint density at radius 1 is 1.30 bits per heavy atom. The second-order valence-electron chi connectivity index (χ2n) is 6.94. The Kier molecular flexibility index (Phi) is 5.73. The van der Waals surface area contributed by atoms with Gasteiger partial charge in [0.2, 0.25) is 0 Å². The van der Waals surface area contributed by atoms with Crippen molar-refractivity contribution in [3.8, 4) is 0 Å². The zero-order chi connectivity index (χ0) is 18.6. The number of thiazole rings is 1. The van der Waals surface area contributed by atoms with E-state index >= 15 is 0 Å². The van der Waals surface area contributed by atoms with Gasteiger partial charge in [0, 0.05) is 36.4 Å². The molecule has 1 saturated carbocycles. The van der Waals surface area contributed by atoms with Crippen molar-refractivity contribution in [3.63, 3.8) is 0 Å². The average Bonchev–Trinajstić information content (AvgIpc) is 3.29. The van der Waals surface area contributed by atoms with Gasteiger partial charge < -0.3 is 4.57 Å². The van der Waals surface area contributed by atoms with E-state index in [0.717, 1.165) is 28.1 Å². The average molecular weight is 402 g/mol. The van der Waals surface area contributed by atoms with E-state index in [9.17, 15) is 4.79 Å². The van der Waals surface area contributed by atoms with Gasteiger partial charge in [-0.25, -0.2) is 4.98 Å². The Balaban J connectivity index is 1.50. The van der Waals surface area contributed by atoms with Crippen LogP contribution in [0.4, 0.5) is 0 Å². The zero-order valence-electron chi connectivity index (χ0n) is 15.2. The van der Waals surface area contributed by atoms with E-state index in [1.165, 1.54) is 43.4 Å². The van der Waals surface area contributed by atoms with Crippen molar-refractivity contribution in [1.29, 1.82) is 0 Å². The molecule has 3 aromatic rings. The maximum Gasteiger partial charge on any atom is 0.258 e. The molecule has 6 nitrogen and oxygen atoms in total. The lowest BCUT2D eigenvalue weighted by Crippen LogP contribution is -2.14. The highest BCUT2D eigenvalue weighted by molar-refractivity contribution is 7.98. The molecule has 1 aliphatic rings. The molecule has 0 N–H and O–H groups in total. The van der Waals surface area contributed by atoms with Crippen molar-refractivity contribution in [2.45, 2.75) is 56.0 Å². The monoisotopic (exact) mass is 401 g/mol. The van der Waals surface area contributed by atoms with Gasteiger partial charge in [0.1, 0.15) is 5.82 Å². The van der Waals surface area contributed by atoms with Crippen LogP contribution in [0.25, 0.3) is 4.96 Å². The second kappa shape index (κ2) is 8.39. The van der Waals surface area contributed by atoms with E-state index in [0.29, 0.717) is 18.2 Å². The van der Waals surface area contributed by atoms with Gasteiger partial charge in [-0.05, 0) is 5.92 Å². The fourth-order valence-corrected chi connectivity index (χ4v) is 5.24. The van der Waals surface area contributed by atoms with E-state index in [2.05, 4.69) is 26.3 Å². The predicted molar refractivity (Wildman–Crippen MR) is 109 cm³/mol. The molecule has 8 heteroatoms. The summed E-state index contributed by atoms with van der Waals surface area (Å²) in [6.07, 6.45) is 11.2. The fraction of sp³-hybridized carbons (Fsp3) is 0.474. The topological polar surface area (TPSA) is 65.1 Å². The van der Waals surface area contributed by atoms with E-state index in [1.54, 1.807) is 28.4 Å². The first-order chi connectivity index (χ1) is 13.2. The first-order valence-corrected chi connectivity index (χ1v) is 11.2. The Hall–Kier alpha value is -1.93. The lowest BCUT2D eigenvalue weighted by Gasteiger charge is -2.21. The van der Waals surface area contributed by atoms with Crippen LogP contribution in [0.3, 0.4) is 0 Å². The molecule has 0 atom stereocenters. The number of nitrogens with zero attached hydrogens (tertiary/aromatic N) is 5. The van der Waals surface area contributed by atoms with Gasteiger partial charge in [-0.2, -0.15) is 0 Å². The zero-order valence-corrected chi connectivity index (χ0v) is 16.8. The third-order valence-electron chi connectivity index (χ3n) is 5.01. The molecule has 0 saturated heterocycles. The smallest absolute Gasteiger partial charge is 0.258 e. The van der Waals surface area contributed by atoms with Crippen LogP contribution in [0.2, 0.25) is 0 Å². The number of hydrogen-bond acceptors (Lipinski definition) is 6. The molecule has 1 fully saturated rings. The molecule has 0 unspecified atom stereocenters. The molecule has 0 radical (unpaired) electrons. The molecule has 1 aliphatic carbocycles. The normalized spacial score (nSPS) is 15.4. The number of aromatic nitrogens is 5. The van der Waals surface area contributed by atoms with E-state index in [1.807, 2.05) is 11.5 Å². The molecule has 27 heavy (non-hydrogen) atoms. The first kappa shape index (κ1) is 18.4. The van der Waals surface area contributed by atoms with Gasteiger partial charge in [-0.1, -0.05) is 49.9 Å². The largest absolute Gasteiger partial charge is 0.302 e. The SMILES string of the molecule is C=CCn1c(CC2CCCCC2)nnc1SCc1cc(=O)n2ccsc2n1. The Bertz CT molecular complexity index is 984. The highest BCUT2D eigenvalue weighted by Gasteiger charge is 2.19. The standard InChI is InChI=1S/C19H23N5OS2/c1-2-8-23-16(11-14-6-4-3-5-7-14)21-22-19(23)27-13-15-12-17(25)24-9-10-26-18(24)20-15/h2,9-10,12,14H,1,3-8,11,13H2. The number of fused-ring (bicyclic) bond motifs is 1. The summed E-state index contributed by atoms with van der Waals surface area (Å²) in [5, 5.41) is 11.6. The number of rotatable bonds is 7. The van der Waals surface area contributed by atoms with E-state index < -0.39 is 0 Å². The highest BCUT2D eigenvalue weighted by Crippen LogP contribution is 2.28. The van der Waals surface area contributed by atoms with Crippen LogP contribution in [0.15, 0.2) is 40.2 Å². The second-order valence-corrected chi connectivity index (χ2v) is 8.75. The number of hydrogen-bond donors (Lipinski definition) is 0. The summed E-state index contributed by atoms with van der Waals surface area (Å²) in [5.74, 6) is 2.36. The van der Waals surface area contributed by atoms with Crippen molar-refractivity contribution in [3.05, 3.63) is 52.2 Å². The Labute approximate surface area is 166 Å². The van der Waals surface area contributed by atoms with Gasteiger partial charge in [-0.3, -0.25) is 9.20 Å². The van der Waals surface area contributed by atoms with Crippen molar-refractivity contribution in [2.24, 2.45) is 5.92 Å². The molecule has 4 rings (SSSR count). The van der Waals surface area contributed by atoms with Gasteiger partial charge >= 0.3 is 0 Å².